The van der Waals surface area contributed by atoms with Crippen molar-refractivity contribution in [2.75, 3.05) is 18.6 Å². The molecule has 0 fully saturated rings. The van der Waals surface area contributed by atoms with Gasteiger partial charge in [-0.1, -0.05) is 17.2 Å². The number of nitriles is 1. The Morgan fingerprint density at radius 3 is 2.50 bits per heavy atom. The van der Waals surface area contributed by atoms with Gasteiger partial charge in [0.25, 0.3) is 0 Å². The second-order valence-electron chi connectivity index (χ2n) is 8.23. The molecule has 0 bridgehead atoms. The number of hydrogen-bond donors (Lipinski definition) is 1. The van der Waals surface area contributed by atoms with E-state index in [1.807, 2.05) is 6.07 Å². The van der Waals surface area contributed by atoms with Gasteiger partial charge in [0.1, 0.15) is 11.4 Å². The van der Waals surface area contributed by atoms with Crippen LogP contribution in [0.2, 0.25) is 0 Å². The molecule has 2 aromatic heterocycles. The Hall–Kier alpha value is -4.28. The summed E-state index contributed by atoms with van der Waals surface area (Å²) in [5.41, 5.74) is -0.371. The van der Waals surface area contributed by atoms with Crippen molar-refractivity contribution >= 4 is 17.2 Å². The molecule has 38 heavy (non-hydrogen) atoms. The van der Waals surface area contributed by atoms with Gasteiger partial charge in [-0.3, -0.25) is 4.57 Å². The fourth-order valence-electron chi connectivity index (χ4n) is 3.97. The zero-order chi connectivity index (χ0) is 27.6. The van der Waals surface area contributed by atoms with Crippen LogP contribution in [0.3, 0.4) is 0 Å². The maximum atomic E-state index is 13.6. The first-order valence-electron chi connectivity index (χ1n) is 11.2. The smallest absolute Gasteiger partial charge is 0.416 e. The lowest BCUT2D eigenvalue weighted by Gasteiger charge is -2.12. The molecule has 0 saturated heterocycles. The van der Waals surface area contributed by atoms with E-state index >= 15 is 0 Å². The Kier molecular flexibility index (Phi) is 7.47. The summed E-state index contributed by atoms with van der Waals surface area (Å²) in [6, 6.07) is 13.4. The number of rotatable bonds is 6. The van der Waals surface area contributed by atoms with E-state index in [-0.39, 0.29) is 29.4 Å². The third-order valence-corrected chi connectivity index (χ3v) is 6.49. The van der Waals surface area contributed by atoms with Crippen molar-refractivity contribution in [1.82, 2.24) is 24.2 Å². The lowest BCUT2D eigenvalue weighted by Crippen LogP contribution is -2.39. The number of aromatic nitrogens is 4. The van der Waals surface area contributed by atoms with Gasteiger partial charge in [0, 0.05) is 0 Å². The number of benzene rings is 2. The van der Waals surface area contributed by atoms with E-state index in [1.54, 1.807) is 30.3 Å². The molecule has 0 radical (unpaired) electrons. The van der Waals surface area contributed by atoms with Gasteiger partial charge in [0.05, 0.1) is 59.0 Å². The van der Waals surface area contributed by atoms with Crippen molar-refractivity contribution in [3.63, 3.8) is 0 Å². The van der Waals surface area contributed by atoms with E-state index in [0.717, 1.165) is 21.3 Å². The molecule has 0 saturated carbocycles. The molecule has 196 valence electrons. The Bertz CT molecular complexity index is 1580. The third kappa shape index (κ3) is 5.22. The van der Waals surface area contributed by atoms with Gasteiger partial charge in [0.2, 0.25) is 0 Å². The van der Waals surface area contributed by atoms with Gasteiger partial charge in [-0.15, -0.1) is 0 Å². The first-order valence-corrected chi connectivity index (χ1v) is 12.9. The molecule has 13 heteroatoms. The predicted molar refractivity (Wildman–Crippen MR) is 135 cm³/mol. The second-order valence-corrected chi connectivity index (χ2v) is 9.79. The summed E-state index contributed by atoms with van der Waals surface area (Å²) in [4.78, 5) is 26.8. The van der Waals surface area contributed by atoms with Crippen molar-refractivity contribution in [2.24, 2.45) is 0 Å². The van der Waals surface area contributed by atoms with Crippen LogP contribution >= 0.6 is 0 Å². The van der Waals surface area contributed by atoms with Crippen LogP contribution in [0.4, 0.5) is 18.0 Å². The SMILES string of the molecule is Cc1c(-c2ccnn2-c2ccc(C#N)cc2)n(C(=O)NCC[S+](C)[O-])c(=O)n1-c1cccc(C(F)(F)F)c1. The largest absolute Gasteiger partial charge is 0.617 e. The monoisotopic (exact) mass is 542 g/mol. The van der Waals surface area contributed by atoms with E-state index < -0.39 is 34.6 Å². The van der Waals surface area contributed by atoms with Crippen molar-refractivity contribution in [3.8, 4) is 28.8 Å². The van der Waals surface area contributed by atoms with Crippen LogP contribution < -0.4 is 11.0 Å². The Morgan fingerprint density at radius 2 is 1.87 bits per heavy atom. The Balaban J connectivity index is 1.92. The van der Waals surface area contributed by atoms with E-state index in [1.165, 1.54) is 36.2 Å². The minimum absolute atomic E-state index is 0.0104. The van der Waals surface area contributed by atoms with E-state index in [9.17, 15) is 27.3 Å². The molecule has 1 unspecified atom stereocenters. The molecule has 1 amide bonds. The van der Waals surface area contributed by atoms with E-state index in [0.29, 0.717) is 16.9 Å². The molecule has 1 N–H and O–H groups in total. The van der Waals surface area contributed by atoms with Gasteiger partial charge in [0.15, 0.2) is 0 Å². The number of carbonyl (C=O) groups excluding carboxylic acids is 1. The maximum Gasteiger partial charge on any atom is 0.416 e. The van der Waals surface area contributed by atoms with Crippen LogP contribution in [-0.2, 0) is 17.4 Å². The number of alkyl halides is 3. The summed E-state index contributed by atoms with van der Waals surface area (Å²) in [6.45, 7) is 1.52. The van der Waals surface area contributed by atoms with Crippen LogP contribution in [0, 0.1) is 18.3 Å². The summed E-state index contributed by atoms with van der Waals surface area (Å²) in [5.74, 6) is 0.145. The molecular weight excluding hydrogens is 521 g/mol. The molecule has 4 rings (SSSR count). The third-order valence-electron chi connectivity index (χ3n) is 5.71. The summed E-state index contributed by atoms with van der Waals surface area (Å²) in [6.07, 6.45) is -1.73. The molecule has 1 atom stereocenters. The number of nitrogens with one attached hydrogen (secondary N) is 1. The summed E-state index contributed by atoms with van der Waals surface area (Å²) in [7, 11) is 0. The van der Waals surface area contributed by atoms with E-state index in [2.05, 4.69) is 10.4 Å². The molecule has 0 aliphatic heterocycles. The van der Waals surface area contributed by atoms with Crippen LogP contribution in [-0.4, -0.2) is 48.1 Å². The number of imidazole rings is 1. The van der Waals surface area contributed by atoms with Crippen molar-refractivity contribution < 1.29 is 22.5 Å². The highest BCUT2D eigenvalue weighted by molar-refractivity contribution is 7.90. The molecule has 0 aliphatic carbocycles. The predicted octanol–water partition coefficient (Wildman–Crippen LogP) is 3.63. The average Bonchev–Trinajstić information content (AvgIpc) is 3.45. The van der Waals surface area contributed by atoms with Crippen LogP contribution in [0.1, 0.15) is 16.8 Å². The Labute approximate surface area is 217 Å². The summed E-state index contributed by atoms with van der Waals surface area (Å²) in [5, 5.41) is 15.9. The highest BCUT2D eigenvalue weighted by Crippen LogP contribution is 2.32. The van der Waals surface area contributed by atoms with Crippen LogP contribution in [0.15, 0.2) is 65.6 Å². The highest BCUT2D eigenvalue weighted by atomic mass is 32.2. The van der Waals surface area contributed by atoms with Gasteiger partial charge in [-0.25, -0.2) is 18.8 Å². The number of carbonyl (C=O) groups is 1. The average molecular weight is 543 g/mol. The first-order chi connectivity index (χ1) is 18.0. The molecule has 9 nitrogen and oxygen atoms in total. The lowest BCUT2D eigenvalue weighted by molar-refractivity contribution is -0.137. The highest BCUT2D eigenvalue weighted by Gasteiger charge is 2.32. The number of amides is 1. The standard InChI is InChI=1S/C25H21F3N6O3S/c1-16-22(21-10-11-31-34(21)19-8-6-17(15-29)7-9-19)33(23(35)30-12-13-38(2)37)24(36)32(16)20-5-3-4-18(14-20)25(26,27)28/h3-11,14H,12-13H2,1-2H3,(H,30,35). The Morgan fingerprint density at radius 1 is 1.16 bits per heavy atom. The fourth-order valence-corrected chi connectivity index (χ4v) is 4.36. The van der Waals surface area contributed by atoms with Gasteiger partial charge in [-0.05, 0) is 55.5 Å². The van der Waals surface area contributed by atoms with Gasteiger partial charge < -0.3 is 9.87 Å². The second kappa shape index (κ2) is 10.6. The van der Waals surface area contributed by atoms with Crippen LogP contribution in [0.5, 0.6) is 0 Å². The number of nitrogens with zero attached hydrogens (tertiary/aromatic N) is 5. The van der Waals surface area contributed by atoms with Gasteiger partial charge >= 0.3 is 17.9 Å². The quantitative estimate of drug-likeness (QED) is 0.373. The molecule has 2 aromatic carbocycles. The van der Waals surface area contributed by atoms with Crippen molar-refractivity contribution in [3.05, 3.63) is 88.1 Å². The van der Waals surface area contributed by atoms with Gasteiger partial charge in [-0.2, -0.15) is 23.5 Å². The molecule has 4 aromatic rings. The van der Waals surface area contributed by atoms with E-state index in [4.69, 9.17) is 5.26 Å². The normalized spacial score (nSPS) is 12.2. The molecule has 2 heterocycles. The minimum atomic E-state index is -4.64. The topological polar surface area (TPSA) is 121 Å². The summed E-state index contributed by atoms with van der Waals surface area (Å²) < 4.78 is 55.0. The molecule has 0 aliphatic rings. The number of hydrogen-bond acceptors (Lipinski definition) is 5. The minimum Gasteiger partial charge on any atom is -0.617 e. The fraction of sp³-hybridized carbons (Fsp3) is 0.200. The maximum absolute atomic E-state index is 13.6. The zero-order valence-electron chi connectivity index (χ0n) is 20.2. The number of halogens is 3. The molecular formula is C25H21F3N6O3S. The lowest BCUT2D eigenvalue weighted by atomic mass is 10.2. The first kappa shape index (κ1) is 26.8. The van der Waals surface area contributed by atoms with Crippen LogP contribution in [0.25, 0.3) is 22.8 Å². The van der Waals surface area contributed by atoms with Crippen molar-refractivity contribution in [2.45, 2.75) is 13.1 Å². The molecule has 0 spiro atoms. The van der Waals surface area contributed by atoms with Crippen molar-refractivity contribution in [1.29, 1.82) is 5.26 Å². The zero-order valence-corrected chi connectivity index (χ0v) is 21.0. The summed E-state index contributed by atoms with van der Waals surface area (Å²) >= 11 is -1.20.